The molecule has 1 aromatic heterocycles. The lowest BCUT2D eigenvalue weighted by molar-refractivity contribution is 0.0946. The SMILES string of the molecule is O=C(NCc1nccnc1Cl)c1ccc(F)cc1F. The van der Waals surface area contributed by atoms with Gasteiger partial charge in [0.15, 0.2) is 5.15 Å². The molecule has 1 N–H and O–H groups in total. The van der Waals surface area contributed by atoms with E-state index in [0.717, 1.165) is 12.1 Å². The van der Waals surface area contributed by atoms with E-state index in [9.17, 15) is 13.6 Å². The highest BCUT2D eigenvalue weighted by Crippen LogP contribution is 2.11. The monoisotopic (exact) mass is 283 g/mol. The standard InChI is InChI=1S/C12H8ClF2N3O/c13-11-10(16-3-4-17-11)6-18-12(19)8-2-1-7(14)5-9(8)15/h1-5H,6H2,(H,18,19). The van der Waals surface area contributed by atoms with Gasteiger partial charge in [-0.3, -0.25) is 9.78 Å². The fourth-order valence-electron chi connectivity index (χ4n) is 1.40. The molecular weight excluding hydrogens is 276 g/mol. The third-order valence-electron chi connectivity index (χ3n) is 2.32. The zero-order valence-electron chi connectivity index (χ0n) is 9.53. The summed E-state index contributed by atoms with van der Waals surface area (Å²) in [5, 5.41) is 2.58. The molecule has 2 rings (SSSR count). The van der Waals surface area contributed by atoms with Gasteiger partial charge in [-0.2, -0.15) is 0 Å². The molecule has 1 heterocycles. The molecule has 0 saturated heterocycles. The molecule has 0 radical (unpaired) electrons. The second-order valence-corrected chi connectivity index (χ2v) is 3.96. The Morgan fingerprint density at radius 3 is 2.68 bits per heavy atom. The van der Waals surface area contributed by atoms with Crippen LogP contribution in [0, 0.1) is 11.6 Å². The number of carbonyl (C=O) groups excluding carboxylic acids is 1. The van der Waals surface area contributed by atoms with Crippen molar-refractivity contribution >= 4 is 17.5 Å². The summed E-state index contributed by atoms with van der Waals surface area (Å²) < 4.78 is 26.1. The smallest absolute Gasteiger partial charge is 0.254 e. The van der Waals surface area contributed by atoms with E-state index in [2.05, 4.69) is 15.3 Å². The molecule has 0 unspecified atom stereocenters. The van der Waals surface area contributed by atoms with E-state index in [-0.39, 0.29) is 17.3 Å². The van der Waals surface area contributed by atoms with Crippen molar-refractivity contribution in [1.82, 2.24) is 15.3 Å². The van der Waals surface area contributed by atoms with Gasteiger partial charge in [0.25, 0.3) is 5.91 Å². The third-order valence-corrected chi connectivity index (χ3v) is 2.63. The van der Waals surface area contributed by atoms with Crippen LogP contribution in [0.5, 0.6) is 0 Å². The number of nitrogens with one attached hydrogen (secondary N) is 1. The molecule has 0 aliphatic heterocycles. The van der Waals surface area contributed by atoms with Crippen LogP contribution >= 0.6 is 11.6 Å². The Kier molecular flexibility index (Phi) is 4.01. The molecule has 1 amide bonds. The molecular formula is C12H8ClF2N3O. The van der Waals surface area contributed by atoms with Crippen LogP contribution in [0.4, 0.5) is 8.78 Å². The lowest BCUT2D eigenvalue weighted by Crippen LogP contribution is -2.24. The molecule has 0 bridgehead atoms. The summed E-state index contributed by atoms with van der Waals surface area (Å²) in [5.41, 5.74) is 0.112. The molecule has 0 fully saturated rings. The van der Waals surface area contributed by atoms with Gasteiger partial charge < -0.3 is 5.32 Å². The Morgan fingerprint density at radius 2 is 2.00 bits per heavy atom. The van der Waals surface area contributed by atoms with Crippen LogP contribution in [0.1, 0.15) is 16.1 Å². The molecule has 0 saturated carbocycles. The number of benzene rings is 1. The molecule has 19 heavy (non-hydrogen) atoms. The van der Waals surface area contributed by atoms with E-state index in [4.69, 9.17) is 11.6 Å². The van der Waals surface area contributed by atoms with Crippen LogP contribution < -0.4 is 5.32 Å². The van der Waals surface area contributed by atoms with E-state index >= 15 is 0 Å². The summed E-state index contributed by atoms with van der Waals surface area (Å²) in [6, 6.07) is 2.72. The summed E-state index contributed by atoms with van der Waals surface area (Å²) in [6.45, 7) is 0.00230. The van der Waals surface area contributed by atoms with Crippen molar-refractivity contribution in [2.75, 3.05) is 0 Å². The van der Waals surface area contributed by atoms with Gasteiger partial charge in [-0.15, -0.1) is 0 Å². The van der Waals surface area contributed by atoms with Crippen molar-refractivity contribution in [3.63, 3.8) is 0 Å². The van der Waals surface area contributed by atoms with Crippen LogP contribution in [0.25, 0.3) is 0 Å². The van der Waals surface area contributed by atoms with Gasteiger partial charge in [0.2, 0.25) is 0 Å². The Bertz CT molecular complexity index is 622. The number of hydrogen-bond acceptors (Lipinski definition) is 3. The fraction of sp³-hybridized carbons (Fsp3) is 0.0833. The van der Waals surface area contributed by atoms with Crippen molar-refractivity contribution < 1.29 is 13.6 Å². The third kappa shape index (κ3) is 3.23. The van der Waals surface area contributed by atoms with Gasteiger partial charge in [-0.25, -0.2) is 13.8 Å². The highest BCUT2D eigenvalue weighted by molar-refractivity contribution is 6.30. The highest BCUT2D eigenvalue weighted by atomic mass is 35.5. The van der Waals surface area contributed by atoms with Crippen LogP contribution in [-0.4, -0.2) is 15.9 Å². The summed E-state index contributed by atoms with van der Waals surface area (Å²) in [4.78, 5) is 19.4. The van der Waals surface area contributed by atoms with E-state index in [1.165, 1.54) is 12.4 Å². The van der Waals surface area contributed by atoms with E-state index in [1.54, 1.807) is 0 Å². The Balaban J connectivity index is 2.08. The predicted molar refractivity (Wildman–Crippen MR) is 64.6 cm³/mol. The number of carbonyl (C=O) groups is 1. The van der Waals surface area contributed by atoms with Gasteiger partial charge in [-0.05, 0) is 12.1 Å². The number of aromatic nitrogens is 2. The lowest BCUT2D eigenvalue weighted by atomic mass is 10.2. The second kappa shape index (κ2) is 5.71. The molecule has 2 aromatic rings. The van der Waals surface area contributed by atoms with Crippen molar-refractivity contribution in [3.05, 3.63) is 58.6 Å². The molecule has 0 aliphatic carbocycles. The van der Waals surface area contributed by atoms with E-state index in [1.807, 2.05) is 0 Å². The summed E-state index contributed by atoms with van der Waals surface area (Å²) in [5.74, 6) is -2.35. The van der Waals surface area contributed by atoms with Crippen LogP contribution in [-0.2, 0) is 6.54 Å². The maximum absolute atomic E-state index is 13.4. The maximum atomic E-state index is 13.4. The van der Waals surface area contributed by atoms with Gasteiger partial charge in [0, 0.05) is 18.5 Å². The number of nitrogens with zero attached hydrogens (tertiary/aromatic N) is 2. The van der Waals surface area contributed by atoms with Crippen molar-refractivity contribution in [2.24, 2.45) is 0 Å². The quantitative estimate of drug-likeness (QED) is 0.941. The van der Waals surface area contributed by atoms with Crippen molar-refractivity contribution in [1.29, 1.82) is 0 Å². The van der Waals surface area contributed by atoms with Crippen LogP contribution in [0.15, 0.2) is 30.6 Å². The first-order chi connectivity index (χ1) is 9.08. The van der Waals surface area contributed by atoms with Crippen molar-refractivity contribution in [3.8, 4) is 0 Å². The molecule has 4 nitrogen and oxygen atoms in total. The number of rotatable bonds is 3. The van der Waals surface area contributed by atoms with Gasteiger partial charge in [0.05, 0.1) is 17.8 Å². The van der Waals surface area contributed by atoms with Gasteiger partial charge >= 0.3 is 0 Å². The summed E-state index contributed by atoms with van der Waals surface area (Å²) in [7, 11) is 0. The van der Waals surface area contributed by atoms with Crippen LogP contribution in [0.3, 0.4) is 0 Å². The maximum Gasteiger partial charge on any atom is 0.254 e. The van der Waals surface area contributed by atoms with Crippen LogP contribution in [0.2, 0.25) is 5.15 Å². The first kappa shape index (κ1) is 13.4. The topological polar surface area (TPSA) is 54.9 Å². The summed E-state index contributed by atoms with van der Waals surface area (Å²) in [6.07, 6.45) is 2.83. The molecule has 0 aliphatic rings. The number of halogens is 3. The molecule has 7 heteroatoms. The zero-order chi connectivity index (χ0) is 13.8. The minimum atomic E-state index is -0.928. The molecule has 0 atom stereocenters. The average molecular weight is 284 g/mol. The predicted octanol–water partition coefficient (Wildman–Crippen LogP) is 2.34. The van der Waals surface area contributed by atoms with E-state index < -0.39 is 17.5 Å². The first-order valence-electron chi connectivity index (χ1n) is 5.26. The number of hydrogen-bond donors (Lipinski definition) is 1. The summed E-state index contributed by atoms with van der Waals surface area (Å²) >= 11 is 5.76. The first-order valence-corrected chi connectivity index (χ1v) is 5.64. The normalized spacial score (nSPS) is 10.3. The fourth-order valence-corrected chi connectivity index (χ4v) is 1.57. The zero-order valence-corrected chi connectivity index (χ0v) is 10.3. The second-order valence-electron chi connectivity index (χ2n) is 3.60. The Labute approximate surface area is 112 Å². The van der Waals surface area contributed by atoms with Gasteiger partial charge in [-0.1, -0.05) is 11.6 Å². The molecule has 1 aromatic carbocycles. The lowest BCUT2D eigenvalue weighted by Gasteiger charge is -2.06. The van der Waals surface area contributed by atoms with Crippen molar-refractivity contribution in [2.45, 2.75) is 6.54 Å². The van der Waals surface area contributed by atoms with E-state index in [0.29, 0.717) is 11.8 Å². The average Bonchev–Trinajstić information content (AvgIpc) is 2.37. The largest absolute Gasteiger partial charge is 0.346 e. The van der Waals surface area contributed by atoms with Gasteiger partial charge in [0.1, 0.15) is 11.6 Å². The Morgan fingerprint density at radius 1 is 1.26 bits per heavy atom. The Hall–Kier alpha value is -2.08. The highest BCUT2D eigenvalue weighted by Gasteiger charge is 2.13. The minimum Gasteiger partial charge on any atom is -0.346 e. The molecule has 0 spiro atoms. The minimum absolute atomic E-state index is 0.00230. The molecule has 98 valence electrons. The number of amides is 1.